The maximum Gasteiger partial charge on any atom is 0.0223 e. The Kier molecular flexibility index (Phi) is 6.63. The van der Waals surface area contributed by atoms with Gasteiger partial charge in [0.25, 0.3) is 0 Å². The number of rotatable bonds is 6. The number of nitrogens with zero attached hydrogens (tertiary/aromatic N) is 1. The fourth-order valence-electron chi connectivity index (χ4n) is 2.27. The Labute approximate surface area is 93.8 Å². The summed E-state index contributed by atoms with van der Waals surface area (Å²) >= 11 is 5.64. The van der Waals surface area contributed by atoms with Crippen LogP contribution in [0, 0.1) is 5.92 Å². The van der Waals surface area contributed by atoms with E-state index in [1.807, 2.05) is 0 Å². The minimum atomic E-state index is 0.834. The SMILES string of the molecule is CC1CCCN(CCCCCCCl)C1. The molecule has 0 aliphatic carbocycles. The molecular formula is C12H24ClN. The molecule has 1 saturated heterocycles. The Balaban J connectivity index is 1.95. The average molecular weight is 218 g/mol. The van der Waals surface area contributed by atoms with E-state index in [1.54, 1.807) is 0 Å². The highest BCUT2D eigenvalue weighted by Crippen LogP contribution is 2.16. The first-order chi connectivity index (χ1) is 6.83. The number of hydrogen-bond donors (Lipinski definition) is 0. The number of halogens is 1. The van der Waals surface area contributed by atoms with Crippen molar-refractivity contribution in [3.05, 3.63) is 0 Å². The highest BCUT2D eigenvalue weighted by atomic mass is 35.5. The van der Waals surface area contributed by atoms with Crippen LogP contribution in [0.1, 0.15) is 45.4 Å². The molecule has 1 atom stereocenters. The maximum absolute atomic E-state index is 5.64. The molecule has 0 aromatic carbocycles. The number of hydrogen-bond acceptors (Lipinski definition) is 1. The molecule has 2 heteroatoms. The second-order valence-electron chi connectivity index (χ2n) is 4.65. The number of alkyl halides is 1. The van der Waals surface area contributed by atoms with Gasteiger partial charge in [-0.3, -0.25) is 0 Å². The first-order valence-electron chi connectivity index (χ1n) is 6.11. The van der Waals surface area contributed by atoms with E-state index in [9.17, 15) is 0 Å². The molecule has 1 heterocycles. The van der Waals surface area contributed by atoms with Gasteiger partial charge < -0.3 is 4.90 Å². The molecule has 0 saturated carbocycles. The molecule has 14 heavy (non-hydrogen) atoms. The van der Waals surface area contributed by atoms with Gasteiger partial charge in [-0.15, -0.1) is 11.6 Å². The van der Waals surface area contributed by atoms with Gasteiger partial charge in [-0.05, 0) is 44.7 Å². The lowest BCUT2D eigenvalue weighted by atomic mass is 10.00. The van der Waals surface area contributed by atoms with E-state index >= 15 is 0 Å². The van der Waals surface area contributed by atoms with Gasteiger partial charge in [-0.1, -0.05) is 19.8 Å². The molecule has 1 aliphatic rings. The normalized spacial score (nSPS) is 24.0. The number of unbranched alkanes of at least 4 members (excludes halogenated alkanes) is 3. The Hall–Kier alpha value is 0.250. The summed E-state index contributed by atoms with van der Waals surface area (Å²) in [6.45, 7) is 6.35. The summed E-state index contributed by atoms with van der Waals surface area (Å²) in [5.74, 6) is 1.76. The van der Waals surface area contributed by atoms with Crippen LogP contribution in [0.5, 0.6) is 0 Å². The topological polar surface area (TPSA) is 3.24 Å². The number of likely N-dealkylation sites (tertiary alicyclic amines) is 1. The lowest BCUT2D eigenvalue weighted by Gasteiger charge is -2.30. The predicted molar refractivity (Wildman–Crippen MR) is 64.0 cm³/mol. The molecule has 0 radical (unpaired) electrons. The highest BCUT2D eigenvalue weighted by Gasteiger charge is 2.14. The molecule has 0 bridgehead atoms. The maximum atomic E-state index is 5.64. The third-order valence-electron chi connectivity index (χ3n) is 3.10. The standard InChI is InChI=1S/C12H24ClN/c1-12-7-6-10-14(11-12)9-5-3-2-4-8-13/h12H,2-11H2,1H3. The Bertz CT molecular complexity index is 138. The first kappa shape index (κ1) is 12.3. The van der Waals surface area contributed by atoms with E-state index in [0.717, 1.165) is 11.8 Å². The fourth-order valence-corrected chi connectivity index (χ4v) is 2.46. The van der Waals surface area contributed by atoms with Crippen molar-refractivity contribution in [2.75, 3.05) is 25.5 Å². The Morgan fingerprint density at radius 2 is 2.00 bits per heavy atom. The van der Waals surface area contributed by atoms with Crippen molar-refractivity contribution < 1.29 is 0 Å². The van der Waals surface area contributed by atoms with Gasteiger partial charge in [-0.2, -0.15) is 0 Å². The van der Waals surface area contributed by atoms with Crippen LogP contribution in [-0.4, -0.2) is 30.4 Å². The van der Waals surface area contributed by atoms with Crippen LogP contribution in [0.25, 0.3) is 0 Å². The average Bonchev–Trinajstić information content (AvgIpc) is 2.18. The van der Waals surface area contributed by atoms with Crippen molar-refractivity contribution in [2.45, 2.75) is 45.4 Å². The monoisotopic (exact) mass is 217 g/mol. The van der Waals surface area contributed by atoms with E-state index < -0.39 is 0 Å². The van der Waals surface area contributed by atoms with Crippen LogP contribution in [0.15, 0.2) is 0 Å². The molecule has 0 amide bonds. The molecule has 1 unspecified atom stereocenters. The van der Waals surface area contributed by atoms with E-state index in [0.29, 0.717) is 0 Å². The summed E-state index contributed by atoms with van der Waals surface area (Å²) in [6.07, 6.45) is 8.07. The number of piperidine rings is 1. The van der Waals surface area contributed by atoms with Gasteiger partial charge in [-0.25, -0.2) is 0 Å². The molecule has 84 valence electrons. The van der Waals surface area contributed by atoms with Crippen LogP contribution >= 0.6 is 11.6 Å². The minimum Gasteiger partial charge on any atom is -0.303 e. The molecule has 1 aliphatic heterocycles. The van der Waals surface area contributed by atoms with Crippen LogP contribution in [-0.2, 0) is 0 Å². The fraction of sp³-hybridized carbons (Fsp3) is 1.00. The molecule has 1 nitrogen and oxygen atoms in total. The van der Waals surface area contributed by atoms with Crippen molar-refractivity contribution in [3.63, 3.8) is 0 Å². The van der Waals surface area contributed by atoms with Crippen molar-refractivity contribution in [3.8, 4) is 0 Å². The van der Waals surface area contributed by atoms with E-state index in [4.69, 9.17) is 11.6 Å². The van der Waals surface area contributed by atoms with E-state index in [2.05, 4.69) is 11.8 Å². The van der Waals surface area contributed by atoms with Gasteiger partial charge in [0.15, 0.2) is 0 Å². The van der Waals surface area contributed by atoms with E-state index in [1.165, 1.54) is 58.2 Å². The second kappa shape index (κ2) is 7.53. The van der Waals surface area contributed by atoms with Crippen molar-refractivity contribution in [1.82, 2.24) is 4.90 Å². The summed E-state index contributed by atoms with van der Waals surface area (Å²) in [5.41, 5.74) is 0. The predicted octanol–water partition coefficient (Wildman–Crippen LogP) is 3.52. The smallest absolute Gasteiger partial charge is 0.0223 e. The van der Waals surface area contributed by atoms with Crippen molar-refractivity contribution >= 4 is 11.6 Å². The molecule has 1 rings (SSSR count). The second-order valence-corrected chi connectivity index (χ2v) is 5.03. The molecule has 0 spiro atoms. The van der Waals surface area contributed by atoms with Gasteiger partial charge in [0, 0.05) is 12.4 Å². The van der Waals surface area contributed by atoms with Crippen LogP contribution < -0.4 is 0 Å². The van der Waals surface area contributed by atoms with Gasteiger partial charge in [0.05, 0.1) is 0 Å². The zero-order valence-corrected chi connectivity index (χ0v) is 10.2. The first-order valence-corrected chi connectivity index (χ1v) is 6.64. The summed E-state index contributed by atoms with van der Waals surface area (Å²) < 4.78 is 0. The molecule has 0 aromatic rings. The van der Waals surface area contributed by atoms with Gasteiger partial charge in [0.1, 0.15) is 0 Å². The zero-order valence-electron chi connectivity index (χ0n) is 9.47. The summed E-state index contributed by atoms with van der Waals surface area (Å²) in [6, 6.07) is 0. The lowest BCUT2D eigenvalue weighted by Crippen LogP contribution is -2.34. The lowest BCUT2D eigenvalue weighted by molar-refractivity contribution is 0.181. The largest absolute Gasteiger partial charge is 0.303 e. The van der Waals surface area contributed by atoms with Gasteiger partial charge in [0.2, 0.25) is 0 Å². The van der Waals surface area contributed by atoms with E-state index in [-0.39, 0.29) is 0 Å². The quantitative estimate of drug-likeness (QED) is 0.486. The van der Waals surface area contributed by atoms with Crippen LogP contribution in [0.2, 0.25) is 0 Å². The summed E-state index contributed by atoms with van der Waals surface area (Å²) in [4.78, 5) is 2.63. The zero-order chi connectivity index (χ0) is 10.2. The van der Waals surface area contributed by atoms with Gasteiger partial charge >= 0.3 is 0 Å². The third kappa shape index (κ3) is 5.21. The van der Waals surface area contributed by atoms with Crippen molar-refractivity contribution in [2.24, 2.45) is 5.92 Å². The summed E-state index contributed by atoms with van der Waals surface area (Å²) in [5, 5.41) is 0. The van der Waals surface area contributed by atoms with Crippen LogP contribution in [0.3, 0.4) is 0 Å². The Morgan fingerprint density at radius 3 is 2.71 bits per heavy atom. The van der Waals surface area contributed by atoms with Crippen LogP contribution in [0.4, 0.5) is 0 Å². The third-order valence-corrected chi connectivity index (χ3v) is 3.37. The minimum absolute atomic E-state index is 0.834. The Morgan fingerprint density at radius 1 is 1.21 bits per heavy atom. The van der Waals surface area contributed by atoms with Crippen molar-refractivity contribution in [1.29, 1.82) is 0 Å². The molecular weight excluding hydrogens is 194 g/mol. The highest BCUT2D eigenvalue weighted by molar-refractivity contribution is 6.17. The molecule has 1 fully saturated rings. The summed E-state index contributed by atoms with van der Waals surface area (Å²) in [7, 11) is 0. The molecule has 0 N–H and O–H groups in total. The molecule has 0 aromatic heterocycles.